The summed E-state index contributed by atoms with van der Waals surface area (Å²) in [5.41, 5.74) is 1.89. The van der Waals surface area contributed by atoms with Crippen LogP contribution in [0.25, 0.3) is 0 Å². The van der Waals surface area contributed by atoms with Crippen molar-refractivity contribution < 1.29 is 19.1 Å². The summed E-state index contributed by atoms with van der Waals surface area (Å²) in [5.74, 6) is 0.829. The van der Waals surface area contributed by atoms with E-state index in [0.29, 0.717) is 29.3 Å². The summed E-state index contributed by atoms with van der Waals surface area (Å²) < 4.78 is 10.9. The van der Waals surface area contributed by atoms with Gasteiger partial charge in [0.25, 0.3) is 11.8 Å². The van der Waals surface area contributed by atoms with Crippen LogP contribution in [0.15, 0.2) is 78.9 Å². The van der Waals surface area contributed by atoms with Crippen LogP contribution in [-0.2, 0) is 4.79 Å². The first-order valence-corrected chi connectivity index (χ1v) is 9.26. The van der Waals surface area contributed by atoms with Crippen LogP contribution in [0.3, 0.4) is 0 Å². The highest BCUT2D eigenvalue weighted by molar-refractivity contribution is 6.04. The quantitative estimate of drug-likeness (QED) is 0.599. The SMILES string of the molecule is CCOc1ccc(NC(=O)COc2ccc(NC(=O)c3ccccc3)cc2)cc1. The Bertz CT molecular complexity index is 939. The van der Waals surface area contributed by atoms with Gasteiger partial charge in [0.05, 0.1) is 6.61 Å². The number of nitrogens with one attached hydrogen (secondary N) is 2. The molecule has 0 spiro atoms. The topological polar surface area (TPSA) is 76.7 Å². The molecule has 0 aliphatic rings. The molecule has 3 aromatic rings. The van der Waals surface area contributed by atoms with Gasteiger partial charge in [-0.1, -0.05) is 18.2 Å². The van der Waals surface area contributed by atoms with Crippen LogP contribution in [0.5, 0.6) is 11.5 Å². The van der Waals surface area contributed by atoms with Crippen molar-refractivity contribution in [2.24, 2.45) is 0 Å². The second kappa shape index (κ2) is 9.94. The highest BCUT2D eigenvalue weighted by Crippen LogP contribution is 2.18. The third-order valence-corrected chi connectivity index (χ3v) is 3.97. The molecule has 0 unspecified atom stereocenters. The van der Waals surface area contributed by atoms with Gasteiger partial charge in [0.2, 0.25) is 0 Å². The molecule has 0 aromatic heterocycles. The van der Waals surface area contributed by atoms with Crippen LogP contribution < -0.4 is 20.1 Å². The van der Waals surface area contributed by atoms with E-state index in [0.717, 1.165) is 5.75 Å². The van der Waals surface area contributed by atoms with Gasteiger partial charge in [-0.05, 0) is 67.6 Å². The molecule has 6 heteroatoms. The van der Waals surface area contributed by atoms with Gasteiger partial charge in [-0.3, -0.25) is 9.59 Å². The zero-order valence-corrected chi connectivity index (χ0v) is 16.1. The molecule has 0 radical (unpaired) electrons. The summed E-state index contributed by atoms with van der Waals surface area (Å²) in [6, 6.07) is 22.9. The Morgan fingerprint density at radius 3 is 1.86 bits per heavy atom. The standard InChI is InChI=1S/C23H22N2O4/c1-2-28-20-12-8-18(9-13-20)24-22(26)16-29-21-14-10-19(11-15-21)25-23(27)17-6-4-3-5-7-17/h3-15H,2,16H2,1H3,(H,24,26)(H,25,27). The Kier molecular flexibility index (Phi) is 6.84. The number of hydrogen-bond acceptors (Lipinski definition) is 4. The van der Waals surface area contributed by atoms with Crippen molar-refractivity contribution in [1.82, 2.24) is 0 Å². The van der Waals surface area contributed by atoms with E-state index < -0.39 is 0 Å². The van der Waals surface area contributed by atoms with E-state index >= 15 is 0 Å². The molecule has 3 aromatic carbocycles. The van der Waals surface area contributed by atoms with Crippen molar-refractivity contribution in [3.05, 3.63) is 84.4 Å². The lowest BCUT2D eigenvalue weighted by Gasteiger charge is -2.10. The summed E-state index contributed by atoms with van der Waals surface area (Å²) in [4.78, 5) is 24.2. The number of carbonyl (C=O) groups is 2. The van der Waals surface area contributed by atoms with E-state index in [1.807, 2.05) is 25.1 Å². The summed E-state index contributed by atoms with van der Waals surface area (Å²) in [6.07, 6.45) is 0. The van der Waals surface area contributed by atoms with E-state index in [1.54, 1.807) is 60.7 Å². The van der Waals surface area contributed by atoms with Gasteiger partial charge in [-0.15, -0.1) is 0 Å². The number of carbonyl (C=O) groups excluding carboxylic acids is 2. The predicted octanol–water partition coefficient (Wildman–Crippen LogP) is 4.36. The number of ether oxygens (including phenoxy) is 2. The molecule has 29 heavy (non-hydrogen) atoms. The number of rotatable bonds is 8. The lowest BCUT2D eigenvalue weighted by molar-refractivity contribution is -0.118. The van der Waals surface area contributed by atoms with Gasteiger partial charge in [0.15, 0.2) is 6.61 Å². The fraction of sp³-hybridized carbons (Fsp3) is 0.130. The average molecular weight is 390 g/mol. The summed E-state index contributed by atoms with van der Waals surface area (Å²) in [5, 5.41) is 5.57. The van der Waals surface area contributed by atoms with Crippen LogP contribution in [0.1, 0.15) is 17.3 Å². The van der Waals surface area contributed by atoms with Gasteiger partial charge in [0, 0.05) is 16.9 Å². The van der Waals surface area contributed by atoms with Crippen LogP contribution >= 0.6 is 0 Å². The molecule has 2 N–H and O–H groups in total. The highest BCUT2D eigenvalue weighted by Gasteiger charge is 2.07. The average Bonchev–Trinajstić information content (AvgIpc) is 2.75. The van der Waals surface area contributed by atoms with Crippen LogP contribution in [0, 0.1) is 0 Å². The lowest BCUT2D eigenvalue weighted by atomic mass is 10.2. The smallest absolute Gasteiger partial charge is 0.262 e. The van der Waals surface area contributed by atoms with Crippen molar-refractivity contribution >= 4 is 23.2 Å². The minimum absolute atomic E-state index is 0.122. The molecule has 3 rings (SSSR count). The van der Waals surface area contributed by atoms with Crippen molar-refractivity contribution in [3.8, 4) is 11.5 Å². The van der Waals surface area contributed by atoms with Crippen molar-refractivity contribution in [3.63, 3.8) is 0 Å². The molecule has 0 aliphatic carbocycles. The van der Waals surface area contributed by atoms with Crippen LogP contribution in [-0.4, -0.2) is 25.0 Å². The molecule has 0 saturated heterocycles. The first-order valence-electron chi connectivity index (χ1n) is 9.26. The van der Waals surface area contributed by atoms with Gasteiger partial charge in [-0.2, -0.15) is 0 Å². The Morgan fingerprint density at radius 2 is 1.28 bits per heavy atom. The largest absolute Gasteiger partial charge is 0.494 e. The molecule has 6 nitrogen and oxygen atoms in total. The summed E-state index contributed by atoms with van der Waals surface area (Å²) >= 11 is 0. The van der Waals surface area contributed by atoms with Gasteiger partial charge in [0.1, 0.15) is 11.5 Å². The molecule has 2 amide bonds. The normalized spacial score (nSPS) is 10.1. The zero-order valence-electron chi connectivity index (χ0n) is 16.1. The van der Waals surface area contributed by atoms with E-state index in [4.69, 9.17) is 9.47 Å². The van der Waals surface area contributed by atoms with Gasteiger partial charge in [-0.25, -0.2) is 0 Å². The van der Waals surface area contributed by atoms with Crippen LogP contribution in [0.4, 0.5) is 11.4 Å². The highest BCUT2D eigenvalue weighted by atomic mass is 16.5. The van der Waals surface area contributed by atoms with Gasteiger partial charge >= 0.3 is 0 Å². The first-order chi connectivity index (χ1) is 14.1. The molecule has 0 bridgehead atoms. The van der Waals surface area contributed by atoms with Gasteiger partial charge < -0.3 is 20.1 Å². The number of anilines is 2. The van der Waals surface area contributed by atoms with Crippen molar-refractivity contribution in [1.29, 1.82) is 0 Å². The van der Waals surface area contributed by atoms with Crippen molar-refractivity contribution in [2.75, 3.05) is 23.8 Å². The summed E-state index contributed by atoms with van der Waals surface area (Å²) in [6.45, 7) is 2.38. The molecular formula is C23H22N2O4. The number of benzene rings is 3. The van der Waals surface area contributed by atoms with E-state index in [-0.39, 0.29) is 18.4 Å². The third-order valence-electron chi connectivity index (χ3n) is 3.97. The fourth-order valence-electron chi connectivity index (χ4n) is 2.57. The predicted molar refractivity (Wildman–Crippen MR) is 113 cm³/mol. The van der Waals surface area contributed by atoms with E-state index in [9.17, 15) is 9.59 Å². The maximum absolute atomic E-state index is 12.1. The molecule has 0 atom stereocenters. The minimum Gasteiger partial charge on any atom is -0.494 e. The lowest BCUT2D eigenvalue weighted by Crippen LogP contribution is -2.20. The Labute approximate surface area is 169 Å². The molecular weight excluding hydrogens is 368 g/mol. The maximum atomic E-state index is 12.1. The first kappa shape index (κ1) is 19.9. The van der Waals surface area contributed by atoms with Crippen LogP contribution in [0.2, 0.25) is 0 Å². The second-order valence-corrected chi connectivity index (χ2v) is 6.14. The molecule has 0 fully saturated rings. The Balaban J connectivity index is 1.47. The molecule has 0 saturated carbocycles. The molecule has 0 aliphatic heterocycles. The monoisotopic (exact) mass is 390 g/mol. The third kappa shape index (κ3) is 6.10. The van der Waals surface area contributed by atoms with E-state index in [2.05, 4.69) is 10.6 Å². The minimum atomic E-state index is -0.268. The van der Waals surface area contributed by atoms with E-state index in [1.165, 1.54) is 0 Å². The number of amides is 2. The fourth-order valence-corrected chi connectivity index (χ4v) is 2.57. The Morgan fingerprint density at radius 1 is 0.724 bits per heavy atom. The second-order valence-electron chi connectivity index (χ2n) is 6.14. The number of hydrogen-bond donors (Lipinski definition) is 2. The maximum Gasteiger partial charge on any atom is 0.262 e. The zero-order chi connectivity index (χ0) is 20.5. The van der Waals surface area contributed by atoms with Crippen molar-refractivity contribution in [2.45, 2.75) is 6.92 Å². The Hall–Kier alpha value is -3.80. The molecule has 148 valence electrons. The molecule has 0 heterocycles. The summed E-state index contributed by atoms with van der Waals surface area (Å²) in [7, 11) is 0.